The minimum atomic E-state index is 0.721. The molecule has 0 aliphatic heterocycles. The predicted molar refractivity (Wildman–Crippen MR) is 75.6 cm³/mol. The number of hydrogen-bond donors (Lipinski definition) is 2. The predicted octanol–water partition coefficient (Wildman–Crippen LogP) is 3.03. The van der Waals surface area contributed by atoms with Crippen molar-refractivity contribution in [1.29, 1.82) is 0 Å². The second-order valence-corrected chi connectivity index (χ2v) is 4.37. The van der Waals surface area contributed by atoms with E-state index in [9.17, 15) is 0 Å². The summed E-state index contributed by atoms with van der Waals surface area (Å²) >= 11 is 3.41. The highest BCUT2D eigenvalue weighted by Crippen LogP contribution is 2.29. The lowest BCUT2D eigenvalue weighted by atomic mass is 10.3. The van der Waals surface area contributed by atoms with Gasteiger partial charge in [0.15, 0.2) is 0 Å². The molecule has 94 valence electrons. The second-order valence-electron chi connectivity index (χ2n) is 3.51. The van der Waals surface area contributed by atoms with E-state index in [4.69, 9.17) is 4.74 Å². The van der Waals surface area contributed by atoms with E-state index in [2.05, 4.69) is 36.5 Å². The maximum Gasteiger partial charge on any atom is 0.135 e. The number of benzene rings is 1. The molecule has 0 fully saturated rings. The number of halogens is 1. The van der Waals surface area contributed by atoms with Crippen LogP contribution in [0.5, 0.6) is 5.75 Å². The van der Waals surface area contributed by atoms with E-state index in [0.717, 1.165) is 27.5 Å². The van der Waals surface area contributed by atoms with Gasteiger partial charge < -0.3 is 15.4 Å². The first-order chi connectivity index (χ1) is 8.72. The zero-order valence-electron chi connectivity index (χ0n) is 10.1. The van der Waals surface area contributed by atoms with Crippen LogP contribution in [0.25, 0.3) is 0 Å². The number of hydrogen-bond acceptors (Lipinski definition) is 5. The summed E-state index contributed by atoms with van der Waals surface area (Å²) in [4.78, 5) is 8.20. The van der Waals surface area contributed by atoms with Gasteiger partial charge >= 0.3 is 0 Å². The number of anilines is 3. The van der Waals surface area contributed by atoms with E-state index < -0.39 is 0 Å². The van der Waals surface area contributed by atoms with Gasteiger partial charge in [-0.1, -0.05) is 0 Å². The Balaban J connectivity index is 2.22. The molecule has 1 aromatic heterocycles. The maximum atomic E-state index is 5.24. The summed E-state index contributed by atoms with van der Waals surface area (Å²) in [6.45, 7) is 0. The quantitative estimate of drug-likeness (QED) is 0.909. The Morgan fingerprint density at radius 2 is 1.94 bits per heavy atom. The molecule has 2 aromatic rings. The van der Waals surface area contributed by atoms with Gasteiger partial charge in [0.2, 0.25) is 0 Å². The lowest BCUT2D eigenvalue weighted by molar-refractivity contribution is 0.412. The third kappa shape index (κ3) is 2.89. The van der Waals surface area contributed by atoms with Crippen LogP contribution in [-0.4, -0.2) is 24.1 Å². The molecule has 0 radical (unpaired) electrons. The summed E-state index contributed by atoms with van der Waals surface area (Å²) in [5, 5.41) is 6.15. The van der Waals surface area contributed by atoms with E-state index in [1.54, 1.807) is 7.11 Å². The molecule has 0 spiro atoms. The fourth-order valence-electron chi connectivity index (χ4n) is 1.45. The fourth-order valence-corrected chi connectivity index (χ4v) is 1.86. The third-order valence-corrected chi connectivity index (χ3v) is 3.00. The molecule has 0 saturated heterocycles. The second kappa shape index (κ2) is 5.68. The number of nitrogens with zero attached hydrogens (tertiary/aromatic N) is 2. The molecule has 0 unspecified atom stereocenters. The van der Waals surface area contributed by atoms with Crippen molar-refractivity contribution < 1.29 is 4.74 Å². The van der Waals surface area contributed by atoms with Crippen molar-refractivity contribution in [3.05, 3.63) is 35.1 Å². The summed E-state index contributed by atoms with van der Waals surface area (Å²) in [5.41, 5.74) is 0.899. The first kappa shape index (κ1) is 12.6. The van der Waals surface area contributed by atoms with Crippen molar-refractivity contribution in [2.75, 3.05) is 24.8 Å². The molecular formula is C12H13BrN4O. The van der Waals surface area contributed by atoms with Crippen molar-refractivity contribution in [3.8, 4) is 5.75 Å². The van der Waals surface area contributed by atoms with Gasteiger partial charge in [-0.3, -0.25) is 0 Å². The summed E-state index contributed by atoms with van der Waals surface area (Å²) in [7, 11) is 3.45. The molecule has 0 bridgehead atoms. The molecule has 0 amide bonds. The highest BCUT2D eigenvalue weighted by atomic mass is 79.9. The first-order valence-corrected chi connectivity index (χ1v) is 6.12. The van der Waals surface area contributed by atoms with Crippen LogP contribution in [0.4, 0.5) is 17.3 Å². The summed E-state index contributed by atoms with van der Waals surface area (Å²) in [5.74, 6) is 2.25. The van der Waals surface area contributed by atoms with Crippen LogP contribution in [0, 0.1) is 0 Å². The molecule has 0 saturated carbocycles. The number of nitrogens with one attached hydrogen (secondary N) is 2. The normalized spacial score (nSPS) is 9.94. The monoisotopic (exact) mass is 308 g/mol. The van der Waals surface area contributed by atoms with Crippen molar-refractivity contribution in [1.82, 2.24) is 9.97 Å². The SMILES string of the molecule is CNc1cc(Nc2ccc(Br)c(OC)c2)ncn1. The largest absolute Gasteiger partial charge is 0.495 e. The van der Waals surface area contributed by atoms with Crippen LogP contribution >= 0.6 is 15.9 Å². The number of methoxy groups -OCH3 is 1. The molecule has 0 aliphatic rings. The molecule has 1 aromatic carbocycles. The Kier molecular flexibility index (Phi) is 3.99. The van der Waals surface area contributed by atoms with Crippen LogP contribution in [0.3, 0.4) is 0 Å². The molecule has 0 aliphatic carbocycles. The summed E-state index contributed by atoms with van der Waals surface area (Å²) in [6, 6.07) is 7.58. The molecule has 2 rings (SSSR count). The molecule has 2 N–H and O–H groups in total. The van der Waals surface area contributed by atoms with Gasteiger partial charge in [-0.15, -0.1) is 0 Å². The highest BCUT2D eigenvalue weighted by Gasteiger charge is 2.03. The Morgan fingerprint density at radius 1 is 1.17 bits per heavy atom. The smallest absolute Gasteiger partial charge is 0.135 e. The van der Waals surface area contributed by atoms with Crippen molar-refractivity contribution in [2.24, 2.45) is 0 Å². The number of rotatable bonds is 4. The maximum absolute atomic E-state index is 5.24. The van der Waals surface area contributed by atoms with Crippen LogP contribution in [-0.2, 0) is 0 Å². The fraction of sp³-hybridized carbons (Fsp3) is 0.167. The van der Waals surface area contributed by atoms with Gasteiger partial charge in [-0.2, -0.15) is 0 Å². The van der Waals surface area contributed by atoms with Crippen molar-refractivity contribution >= 4 is 33.3 Å². The van der Waals surface area contributed by atoms with E-state index in [1.165, 1.54) is 6.33 Å². The van der Waals surface area contributed by atoms with E-state index in [-0.39, 0.29) is 0 Å². The number of ether oxygens (including phenoxy) is 1. The molecular weight excluding hydrogens is 296 g/mol. The third-order valence-electron chi connectivity index (χ3n) is 2.35. The molecule has 6 heteroatoms. The van der Waals surface area contributed by atoms with Gasteiger partial charge in [0.1, 0.15) is 23.7 Å². The van der Waals surface area contributed by atoms with Crippen LogP contribution in [0.15, 0.2) is 35.1 Å². The minimum absolute atomic E-state index is 0.721. The van der Waals surface area contributed by atoms with E-state index >= 15 is 0 Å². The van der Waals surface area contributed by atoms with Crippen molar-refractivity contribution in [2.45, 2.75) is 0 Å². The zero-order chi connectivity index (χ0) is 13.0. The average molecular weight is 309 g/mol. The first-order valence-electron chi connectivity index (χ1n) is 5.33. The van der Waals surface area contributed by atoms with Crippen molar-refractivity contribution in [3.63, 3.8) is 0 Å². The highest BCUT2D eigenvalue weighted by molar-refractivity contribution is 9.10. The standard InChI is InChI=1S/C12H13BrN4O/c1-14-11-6-12(16-7-15-11)17-8-3-4-9(13)10(5-8)18-2/h3-7H,1-2H3,(H2,14,15,16,17). The Bertz CT molecular complexity index is 547. The molecule has 5 nitrogen and oxygen atoms in total. The van der Waals surface area contributed by atoms with Gasteiger partial charge in [0.25, 0.3) is 0 Å². The zero-order valence-corrected chi connectivity index (χ0v) is 11.7. The van der Waals surface area contributed by atoms with Crippen LogP contribution in [0.2, 0.25) is 0 Å². The summed E-state index contributed by atoms with van der Waals surface area (Å²) in [6.07, 6.45) is 1.50. The van der Waals surface area contributed by atoms with Gasteiger partial charge in [-0.25, -0.2) is 9.97 Å². The lowest BCUT2D eigenvalue weighted by Crippen LogP contribution is -1.98. The minimum Gasteiger partial charge on any atom is -0.495 e. The molecule has 1 heterocycles. The number of aromatic nitrogens is 2. The van der Waals surface area contributed by atoms with E-state index in [1.807, 2.05) is 31.3 Å². The topological polar surface area (TPSA) is 59.1 Å². The Labute approximate surface area is 114 Å². The Hall–Kier alpha value is -1.82. The van der Waals surface area contributed by atoms with Gasteiger partial charge in [0, 0.05) is 24.9 Å². The summed E-state index contributed by atoms with van der Waals surface area (Å²) < 4.78 is 6.15. The lowest BCUT2D eigenvalue weighted by Gasteiger charge is -2.09. The van der Waals surface area contributed by atoms with Crippen LogP contribution in [0.1, 0.15) is 0 Å². The van der Waals surface area contributed by atoms with E-state index in [0.29, 0.717) is 0 Å². The van der Waals surface area contributed by atoms with Crippen LogP contribution < -0.4 is 15.4 Å². The molecule has 18 heavy (non-hydrogen) atoms. The Morgan fingerprint density at radius 3 is 2.67 bits per heavy atom. The average Bonchev–Trinajstić information content (AvgIpc) is 2.41. The molecule has 0 atom stereocenters. The van der Waals surface area contributed by atoms with Gasteiger partial charge in [-0.05, 0) is 28.1 Å². The van der Waals surface area contributed by atoms with Gasteiger partial charge in [0.05, 0.1) is 11.6 Å².